The smallest absolute Gasteiger partial charge is 0.262 e. The number of nitrogens with zero attached hydrogens (tertiary/aromatic N) is 2. The maximum absolute atomic E-state index is 5.61. The molecule has 6 nitrogen and oxygen atoms in total. The molecule has 2 N–H and O–H groups in total. The fourth-order valence-corrected chi connectivity index (χ4v) is 1.21. The minimum Gasteiger partial charge on any atom is -0.489 e. The van der Waals surface area contributed by atoms with Gasteiger partial charge in [0.25, 0.3) is 5.88 Å². The summed E-state index contributed by atoms with van der Waals surface area (Å²) in [7, 11) is 1.50. The molecule has 17 heavy (non-hydrogen) atoms. The summed E-state index contributed by atoms with van der Waals surface area (Å²) in [5.74, 6) is 0.976. The summed E-state index contributed by atoms with van der Waals surface area (Å²) >= 11 is 0. The Kier molecular flexibility index (Phi) is 6.09. The highest BCUT2D eigenvalue weighted by Crippen LogP contribution is 2.28. The maximum atomic E-state index is 5.61. The molecule has 0 atom stereocenters. The largest absolute Gasteiger partial charge is 0.489 e. The molecule has 0 bridgehead atoms. The number of methoxy groups -OCH3 is 1. The predicted octanol–water partition coefficient (Wildman–Crippen LogP) is 1.26. The van der Waals surface area contributed by atoms with Gasteiger partial charge in [0, 0.05) is 6.61 Å². The van der Waals surface area contributed by atoms with Gasteiger partial charge in [0.2, 0.25) is 5.75 Å². The van der Waals surface area contributed by atoms with Crippen molar-refractivity contribution in [3.8, 4) is 11.6 Å². The Morgan fingerprint density at radius 1 is 1.24 bits per heavy atom. The van der Waals surface area contributed by atoms with E-state index in [1.807, 2.05) is 0 Å². The van der Waals surface area contributed by atoms with Crippen molar-refractivity contribution in [1.82, 2.24) is 9.97 Å². The number of unbranched alkanes of at least 4 members (excludes halogenated alkanes) is 1. The van der Waals surface area contributed by atoms with Gasteiger partial charge < -0.3 is 19.9 Å². The molecule has 0 saturated carbocycles. The molecule has 0 fully saturated rings. The van der Waals surface area contributed by atoms with Crippen molar-refractivity contribution < 1.29 is 14.2 Å². The minimum absolute atomic E-state index is 0.268. The summed E-state index contributed by atoms with van der Waals surface area (Å²) in [5.41, 5.74) is 5.61. The quantitative estimate of drug-likeness (QED) is 0.690. The van der Waals surface area contributed by atoms with Gasteiger partial charge in [0.05, 0.1) is 13.7 Å². The number of nitrogens with two attached hydrogens (primary N) is 1. The van der Waals surface area contributed by atoms with E-state index in [4.69, 9.17) is 19.9 Å². The molecule has 96 valence electrons. The molecule has 0 radical (unpaired) electrons. The lowest BCUT2D eigenvalue weighted by Crippen LogP contribution is -2.10. The lowest BCUT2D eigenvalue weighted by Gasteiger charge is -2.10. The number of rotatable bonds is 8. The number of anilines is 1. The highest BCUT2D eigenvalue weighted by atomic mass is 16.5. The van der Waals surface area contributed by atoms with Gasteiger partial charge in [-0.15, -0.1) is 0 Å². The van der Waals surface area contributed by atoms with Crippen molar-refractivity contribution in [2.75, 3.05) is 32.7 Å². The van der Waals surface area contributed by atoms with Crippen LogP contribution in [0.15, 0.2) is 6.33 Å². The van der Waals surface area contributed by atoms with E-state index in [1.54, 1.807) is 0 Å². The van der Waals surface area contributed by atoms with Crippen LogP contribution in [0.1, 0.15) is 19.8 Å². The molecular weight excluding hydrogens is 222 g/mol. The van der Waals surface area contributed by atoms with E-state index in [2.05, 4.69) is 16.9 Å². The van der Waals surface area contributed by atoms with E-state index in [-0.39, 0.29) is 5.82 Å². The zero-order valence-corrected chi connectivity index (χ0v) is 10.3. The van der Waals surface area contributed by atoms with E-state index >= 15 is 0 Å². The van der Waals surface area contributed by atoms with Crippen LogP contribution in [0.5, 0.6) is 11.6 Å². The summed E-state index contributed by atoms with van der Waals surface area (Å²) in [6.45, 7) is 3.81. The van der Waals surface area contributed by atoms with Crippen molar-refractivity contribution in [3.05, 3.63) is 6.33 Å². The van der Waals surface area contributed by atoms with Crippen LogP contribution < -0.4 is 15.2 Å². The first-order chi connectivity index (χ1) is 8.29. The van der Waals surface area contributed by atoms with Crippen LogP contribution in [-0.4, -0.2) is 36.9 Å². The summed E-state index contributed by atoms with van der Waals surface area (Å²) < 4.78 is 15.8. The third-order valence-corrected chi connectivity index (χ3v) is 2.11. The average molecular weight is 241 g/mol. The second-order valence-corrected chi connectivity index (χ2v) is 3.41. The Bertz CT molecular complexity index is 334. The Balaban J connectivity index is 2.33. The van der Waals surface area contributed by atoms with Crippen LogP contribution in [0.4, 0.5) is 5.82 Å². The van der Waals surface area contributed by atoms with Crippen LogP contribution in [-0.2, 0) is 4.74 Å². The SMILES string of the molecule is CCCCOCCOc1ncnc(N)c1OC. The van der Waals surface area contributed by atoms with Gasteiger partial charge in [-0.2, -0.15) is 4.98 Å². The summed E-state index contributed by atoms with van der Waals surface area (Å²) in [4.78, 5) is 7.76. The fraction of sp³-hybridized carbons (Fsp3) is 0.636. The third kappa shape index (κ3) is 4.44. The highest BCUT2D eigenvalue weighted by molar-refractivity contribution is 5.51. The van der Waals surface area contributed by atoms with Gasteiger partial charge in [-0.25, -0.2) is 4.98 Å². The van der Waals surface area contributed by atoms with Crippen LogP contribution in [0, 0.1) is 0 Å². The monoisotopic (exact) mass is 241 g/mol. The second kappa shape index (κ2) is 7.67. The first kappa shape index (κ1) is 13.5. The molecule has 1 aromatic rings. The van der Waals surface area contributed by atoms with Crippen molar-refractivity contribution in [3.63, 3.8) is 0 Å². The van der Waals surface area contributed by atoms with Crippen LogP contribution in [0.2, 0.25) is 0 Å². The van der Waals surface area contributed by atoms with Crippen molar-refractivity contribution >= 4 is 5.82 Å². The molecule has 0 spiro atoms. The topological polar surface area (TPSA) is 79.5 Å². The van der Waals surface area contributed by atoms with Crippen LogP contribution in [0.25, 0.3) is 0 Å². The Morgan fingerprint density at radius 3 is 2.76 bits per heavy atom. The van der Waals surface area contributed by atoms with E-state index in [0.717, 1.165) is 19.4 Å². The molecule has 0 aliphatic carbocycles. The Hall–Kier alpha value is -1.56. The first-order valence-electron chi connectivity index (χ1n) is 5.64. The van der Waals surface area contributed by atoms with E-state index in [1.165, 1.54) is 13.4 Å². The highest BCUT2D eigenvalue weighted by Gasteiger charge is 2.10. The van der Waals surface area contributed by atoms with Crippen molar-refractivity contribution in [2.45, 2.75) is 19.8 Å². The van der Waals surface area contributed by atoms with E-state index < -0.39 is 0 Å². The molecule has 6 heteroatoms. The fourth-order valence-electron chi connectivity index (χ4n) is 1.21. The number of hydrogen-bond acceptors (Lipinski definition) is 6. The molecule has 1 rings (SSSR count). The van der Waals surface area contributed by atoms with Gasteiger partial charge in [0.1, 0.15) is 12.9 Å². The molecule has 0 unspecified atom stereocenters. The normalized spacial score (nSPS) is 10.2. The van der Waals surface area contributed by atoms with Crippen molar-refractivity contribution in [2.24, 2.45) is 0 Å². The van der Waals surface area contributed by atoms with Gasteiger partial charge >= 0.3 is 0 Å². The van der Waals surface area contributed by atoms with Crippen LogP contribution in [0.3, 0.4) is 0 Å². The molecule has 0 saturated heterocycles. The zero-order valence-electron chi connectivity index (χ0n) is 10.3. The van der Waals surface area contributed by atoms with Gasteiger partial charge in [0.15, 0.2) is 5.82 Å². The molecule has 0 aliphatic rings. The number of nitrogen functional groups attached to an aromatic ring is 1. The molecule has 0 amide bonds. The second-order valence-electron chi connectivity index (χ2n) is 3.41. The predicted molar refractivity (Wildman–Crippen MR) is 64.2 cm³/mol. The zero-order chi connectivity index (χ0) is 12.5. The van der Waals surface area contributed by atoms with Crippen LogP contribution >= 0.6 is 0 Å². The maximum Gasteiger partial charge on any atom is 0.262 e. The lowest BCUT2D eigenvalue weighted by atomic mass is 10.4. The number of hydrogen-bond donors (Lipinski definition) is 1. The standard InChI is InChI=1S/C11H19N3O3/c1-3-4-5-16-6-7-17-11-9(15-2)10(12)13-8-14-11/h8H,3-7H2,1-2H3,(H2,12,13,14). The Labute approximate surface area is 101 Å². The molecule has 0 aromatic carbocycles. The first-order valence-corrected chi connectivity index (χ1v) is 5.64. The molecule has 0 aliphatic heterocycles. The van der Waals surface area contributed by atoms with E-state index in [0.29, 0.717) is 24.8 Å². The van der Waals surface area contributed by atoms with E-state index in [9.17, 15) is 0 Å². The molecule has 1 aromatic heterocycles. The third-order valence-electron chi connectivity index (χ3n) is 2.11. The number of aromatic nitrogens is 2. The number of ether oxygens (including phenoxy) is 3. The molecular formula is C11H19N3O3. The summed E-state index contributed by atoms with van der Waals surface area (Å²) in [6, 6.07) is 0. The van der Waals surface area contributed by atoms with Crippen molar-refractivity contribution in [1.29, 1.82) is 0 Å². The Morgan fingerprint density at radius 2 is 2.06 bits per heavy atom. The minimum atomic E-state index is 0.268. The summed E-state index contributed by atoms with van der Waals surface area (Å²) in [6.07, 6.45) is 3.52. The molecule has 1 heterocycles. The van der Waals surface area contributed by atoms with Gasteiger partial charge in [-0.05, 0) is 6.42 Å². The van der Waals surface area contributed by atoms with Gasteiger partial charge in [-0.3, -0.25) is 0 Å². The van der Waals surface area contributed by atoms with Gasteiger partial charge in [-0.1, -0.05) is 13.3 Å². The lowest BCUT2D eigenvalue weighted by molar-refractivity contribution is 0.0953. The summed E-state index contributed by atoms with van der Waals surface area (Å²) in [5, 5.41) is 0. The average Bonchev–Trinajstić information content (AvgIpc) is 2.34.